The molecule has 2 nitrogen and oxygen atoms in total. The van der Waals surface area contributed by atoms with Crippen molar-refractivity contribution in [2.24, 2.45) is 0 Å². The summed E-state index contributed by atoms with van der Waals surface area (Å²) in [5, 5.41) is 3.31. The van der Waals surface area contributed by atoms with Gasteiger partial charge in [0.2, 0.25) is 0 Å². The van der Waals surface area contributed by atoms with Crippen LogP contribution in [0.15, 0.2) is 33.2 Å². The maximum absolute atomic E-state index is 5.82. The van der Waals surface area contributed by atoms with E-state index in [1.807, 2.05) is 14.0 Å². The third-order valence-electron chi connectivity index (χ3n) is 3.27. The smallest absolute Gasteiger partial charge is 0.125 e. The van der Waals surface area contributed by atoms with Gasteiger partial charge in [-0.1, -0.05) is 28.1 Å². The van der Waals surface area contributed by atoms with Crippen LogP contribution in [0.25, 0.3) is 0 Å². The Morgan fingerprint density at radius 3 is 2.33 bits per heavy atom. The first-order chi connectivity index (χ1) is 8.52. The summed E-state index contributed by atoms with van der Waals surface area (Å²) in [7, 11) is 1.95. The molecule has 0 aliphatic heterocycles. The van der Waals surface area contributed by atoms with E-state index in [9.17, 15) is 0 Å². The van der Waals surface area contributed by atoms with Crippen molar-refractivity contribution in [1.29, 1.82) is 0 Å². The molecule has 0 amide bonds. The lowest BCUT2D eigenvalue weighted by atomic mass is 10.0. The van der Waals surface area contributed by atoms with Crippen LogP contribution in [0.5, 0.6) is 0 Å². The van der Waals surface area contributed by atoms with Gasteiger partial charge in [0.05, 0.1) is 6.04 Å². The topological polar surface area (TPSA) is 25.2 Å². The van der Waals surface area contributed by atoms with E-state index >= 15 is 0 Å². The summed E-state index contributed by atoms with van der Waals surface area (Å²) < 4.78 is 6.95. The van der Waals surface area contributed by atoms with Crippen molar-refractivity contribution in [2.45, 2.75) is 26.8 Å². The SMILES string of the molecule is CNC(c1ccc(Br)c(C)c1)c1cc(C)c(C)o1. The molecule has 2 aromatic rings. The van der Waals surface area contributed by atoms with Crippen molar-refractivity contribution >= 4 is 15.9 Å². The van der Waals surface area contributed by atoms with Crippen molar-refractivity contribution in [3.8, 4) is 0 Å². The zero-order chi connectivity index (χ0) is 13.3. The first-order valence-corrected chi connectivity index (χ1v) is 6.82. The Balaban J connectivity index is 2.41. The molecule has 0 spiro atoms. The van der Waals surface area contributed by atoms with E-state index in [1.54, 1.807) is 0 Å². The Bertz CT molecular complexity index is 540. The molecule has 1 aromatic heterocycles. The maximum atomic E-state index is 5.82. The molecule has 1 atom stereocenters. The third kappa shape index (κ3) is 2.52. The van der Waals surface area contributed by atoms with Gasteiger partial charge < -0.3 is 9.73 Å². The zero-order valence-corrected chi connectivity index (χ0v) is 12.8. The fraction of sp³-hybridized carbons (Fsp3) is 0.333. The minimum absolute atomic E-state index is 0.101. The molecule has 0 fully saturated rings. The van der Waals surface area contributed by atoms with Crippen LogP contribution in [0.1, 0.15) is 34.3 Å². The highest BCUT2D eigenvalue weighted by atomic mass is 79.9. The van der Waals surface area contributed by atoms with Crippen LogP contribution >= 0.6 is 15.9 Å². The molecule has 18 heavy (non-hydrogen) atoms. The van der Waals surface area contributed by atoms with E-state index in [0.29, 0.717) is 0 Å². The number of rotatable bonds is 3. The summed E-state index contributed by atoms with van der Waals surface area (Å²) in [4.78, 5) is 0. The molecule has 96 valence electrons. The fourth-order valence-electron chi connectivity index (χ4n) is 2.06. The van der Waals surface area contributed by atoms with Gasteiger partial charge in [0, 0.05) is 4.47 Å². The summed E-state index contributed by atoms with van der Waals surface area (Å²) in [5.41, 5.74) is 3.64. The molecule has 1 heterocycles. The van der Waals surface area contributed by atoms with Gasteiger partial charge in [0.1, 0.15) is 11.5 Å². The van der Waals surface area contributed by atoms with Crippen molar-refractivity contribution in [2.75, 3.05) is 7.05 Å². The van der Waals surface area contributed by atoms with Crippen molar-refractivity contribution < 1.29 is 4.42 Å². The average Bonchev–Trinajstić information content (AvgIpc) is 2.65. The molecule has 0 aliphatic rings. The van der Waals surface area contributed by atoms with Crippen LogP contribution in [-0.2, 0) is 0 Å². The Hall–Kier alpha value is -1.06. The molecule has 0 aliphatic carbocycles. The minimum Gasteiger partial charge on any atom is -0.464 e. The lowest BCUT2D eigenvalue weighted by Crippen LogP contribution is -2.17. The molecule has 0 saturated carbocycles. The highest BCUT2D eigenvalue weighted by Crippen LogP contribution is 2.28. The zero-order valence-electron chi connectivity index (χ0n) is 11.2. The number of furan rings is 1. The first kappa shape index (κ1) is 13.4. The van der Waals surface area contributed by atoms with Crippen molar-refractivity contribution in [3.05, 3.63) is 56.9 Å². The number of halogens is 1. The van der Waals surface area contributed by atoms with Gasteiger partial charge in [-0.2, -0.15) is 0 Å². The van der Waals surface area contributed by atoms with Crippen molar-refractivity contribution in [1.82, 2.24) is 5.32 Å². The van der Waals surface area contributed by atoms with Crippen LogP contribution in [0.2, 0.25) is 0 Å². The quantitative estimate of drug-likeness (QED) is 0.915. The van der Waals surface area contributed by atoms with Crippen LogP contribution < -0.4 is 5.32 Å². The van der Waals surface area contributed by atoms with Crippen LogP contribution in [0.3, 0.4) is 0 Å². The Morgan fingerprint density at radius 2 is 1.83 bits per heavy atom. The summed E-state index contributed by atoms with van der Waals surface area (Å²) in [6.45, 7) is 6.17. The van der Waals surface area contributed by atoms with E-state index in [0.717, 1.165) is 16.0 Å². The van der Waals surface area contributed by atoms with Gasteiger partial charge in [-0.15, -0.1) is 0 Å². The first-order valence-electron chi connectivity index (χ1n) is 6.03. The number of nitrogens with one attached hydrogen (secondary N) is 1. The molecule has 0 radical (unpaired) electrons. The van der Waals surface area contributed by atoms with Gasteiger partial charge in [-0.3, -0.25) is 0 Å². The molecule has 0 bridgehead atoms. The Morgan fingerprint density at radius 1 is 1.11 bits per heavy atom. The highest BCUT2D eigenvalue weighted by molar-refractivity contribution is 9.10. The number of benzene rings is 1. The summed E-state index contributed by atoms with van der Waals surface area (Å²) in [5.74, 6) is 1.95. The summed E-state index contributed by atoms with van der Waals surface area (Å²) >= 11 is 3.53. The lowest BCUT2D eigenvalue weighted by Gasteiger charge is -2.15. The van der Waals surface area contributed by atoms with Gasteiger partial charge in [-0.05, 0) is 56.6 Å². The highest BCUT2D eigenvalue weighted by Gasteiger charge is 2.17. The van der Waals surface area contributed by atoms with E-state index in [1.165, 1.54) is 16.7 Å². The molecule has 3 heteroatoms. The number of aryl methyl sites for hydroxylation is 3. The lowest BCUT2D eigenvalue weighted by molar-refractivity contribution is 0.443. The van der Waals surface area contributed by atoms with Crippen molar-refractivity contribution in [3.63, 3.8) is 0 Å². The largest absolute Gasteiger partial charge is 0.464 e. The van der Waals surface area contributed by atoms with Gasteiger partial charge in [0.25, 0.3) is 0 Å². The average molecular weight is 308 g/mol. The predicted molar refractivity (Wildman–Crippen MR) is 78.0 cm³/mol. The number of hydrogen-bond donors (Lipinski definition) is 1. The van der Waals surface area contributed by atoms with Crippen LogP contribution in [-0.4, -0.2) is 7.05 Å². The maximum Gasteiger partial charge on any atom is 0.125 e. The van der Waals surface area contributed by atoms with E-state index in [-0.39, 0.29) is 6.04 Å². The normalized spacial score (nSPS) is 12.7. The fourth-order valence-corrected chi connectivity index (χ4v) is 2.31. The van der Waals surface area contributed by atoms with E-state index < -0.39 is 0 Å². The molecule has 1 N–H and O–H groups in total. The molecular weight excluding hydrogens is 290 g/mol. The Labute approximate surface area is 117 Å². The summed E-state index contributed by atoms with van der Waals surface area (Å²) in [6, 6.07) is 8.58. The van der Waals surface area contributed by atoms with E-state index in [2.05, 4.69) is 59.4 Å². The standard InChI is InChI=1S/C15H18BrNO/c1-9-8-14(18-11(9)3)15(17-4)12-5-6-13(16)10(2)7-12/h5-8,15,17H,1-4H3. The van der Waals surface area contributed by atoms with Crippen LogP contribution in [0, 0.1) is 20.8 Å². The molecular formula is C15H18BrNO. The molecule has 0 saturated heterocycles. The molecule has 1 unspecified atom stereocenters. The second-order valence-corrected chi connectivity index (χ2v) is 5.47. The van der Waals surface area contributed by atoms with Gasteiger partial charge in [0.15, 0.2) is 0 Å². The van der Waals surface area contributed by atoms with Gasteiger partial charge >= 0.3 is 0 Å². The molecule has 2 rings (SSSR count). The third-order valence-corrected chi connectivity index (χ3v) is 4.16. The Kier molecular flexibility index (Phi) is 3.93. The second-order valence-electron chi connectivity index (χ2n) is 4.62. The number of hydrogen-bond acceptors (Lipinski definition) is 2. The van der Waals surface area contributed by atoms with E-state index in [4.69, 9.17) is 4.42 Å². The monoisotopic (exact) mass is 307 g/mol. The van der Waals surface area contributed by atoms with Crippen LogP contribution in [0.4, 0.5) is 0 Å². The summed E-state index contributed by atoms with van der Waals surface area (Å²) in [6.07, 6.45) is 0. The second kappa shape index (κ2) is 5.29. The molecule has 1 aromatic carbocycles. The minimum atomic E-state index is 0.101. The predicted octanol–water partition coefficient (Wildman–Crippen LogP) is 4.28. The van der Waals surface area contributed by atoms with Gasteiger partial charge in [-0.25, -0.2) is 0 Å².